The van der Waals surface area contributed by atoms with Crippen LogP contribution in [0.25, 0.3) is 22.0 Å². The van der Waals surface area contributed by atoms with Crippen LogP contribution in [-0.4, -0.2) is 13.1 Å². The summed E-state index contributed by atoms with van der Waals surface area (Å²) in [5.41, 5.74) is 5.30. The second-order valence-corrected chi connectivity index (χ2v) is 11.5. The van der Waals surface area contributed by atoms with Crippen LogP contribution in [0.15, 0.2) is 48.5 Å². The van der Waals surface area contributed by atoms with Crippen molar-refractivity contribution in [2.75, 3.05) is 0 Å². The van der Waals surface area contributed by atoms with Gasteiger partial charge >= 0.3 is 0 Å². The predicted molar refractivity (Wildman–Crippen MR) is 91.5 cm³/mol. The van der Waals surface area contributed by atoms with Crippen molar-refractivity contribution in [2.45, 2.75) is 26.6 Å². The first-order chi connectivity index (χ1) is 9.47. The molecule has 1 N–H and O–H groups in total. The van der Waals surface area contributed by atoms with Gasteiger partial charge < -0.3 is 4.98 Å². The van der Waals surface area contributed by atoms with Gasteiger partial charge in [-0.25, -0.2) is 0 Å². The van der Waals surface area contributed by atoms with Crippen LogP contribution in [0.5, 0.6) is 0 Å². The number of rotatable bonds is 2. The van der Waals surface area contributed by atoms with Crippen LogP contribution in [0, 0.1) is 6.92 Å². The van der Waals surface area contributed by atoms with Gasteiger partial charge in [0.15, 0.2) is 0 Å². The molecule has 0 spiro atoms. The van der Waals surface area contributed by atoms with E-state index in [2.05, 4.69) is 80.1 Å². The maximum Gasteiger partial charge on any atom is 0.0990 e. The van der Waals surface area contributed by atoms with E-state index in [1.54, 1.807) is 0 Å². The van der Waals surface area contributed by atoms with Crippen molar-refractivity contribution in [1.29, 1.82) is 0 Å². The smallest absolute Gasteiger partial charge is 0.0990 e. The Labute approximate surface area is 121 Å². The normalized spacial score (nSPS) is 12.0. The Kier molecular flexibility index (Phi) is 3.06. The average molecular weight is 279 g/mol. The molecule has 0 saturated heterocycles. The molecule has 102 valence electrons. The molecular weight excluding hydrogens is 258 g/mol. The van der Waals surface area contributed by atoms with E-state index in [1.807, 2.05) is 0 Å². The highest BCUT2D eigenvalue weighted by Crippen LogP contribution is 2.29. The summed E-state index contributed by atoms with van der Waals surface area (Å²) in [4.78, 5) is 3.69. The Bertz CT molecular complexity index is 748. The maximum atomic E-state index is 3.69. The molecular formula is C18H21NSi. The number of benzene rings is 2. The van der Waals surface area contributed by atoms with E-state index in [9.17, 15) is 0 Å². The highest BCUT2D eigenvalue weighted by molar-refractivity contribution is 6.89. The number of hydrogen-bond acceptors (Lipinski definition) is 0. The monoisotopic (exact) mass is 279 g/mol. The number of hydrogen-bond donors (Lipinski definition) is 1. The van der Waals surface area contributed by atoms with E-state index in [0.717, 1.165) is 0 Å². The molecule has 0 aliphatic rings. The molecule has 3 aromatic rings. The fourth-order valence-corrected chi connectivity index (χ4v) is 4.31. The molecule has 2 aromatic carbocycles. The van der Waals surface area contributed by atoms with E-state index in [4.69, 9.17) is 0 Å². The van der Waals surface area contributed by atoms with E-state index in [0.29, 0.717) is 0 Å². The Morgan fingerprint density at radius 2 is 1.60 bits per heavy atom. The molecule has 1 nitrogen and oxygen atoms in total. The van der Waals surface area contributed by atoms with Gasteiger partial charge in [-0.15, -0.1) is 0 Å². The number of nitrogens with one attached hydrogen (secondary N) is 1. The molecule has 0 aliphatic heterocycles. The lowest BCUT2D eigenvalue weighted by atomic mass is 10.0. The van der Waals surface area contributed by atoms with E-state index < -0.39 is 8.07 Å². The zero-order chi connectivity index (χ0) is 14.3. The number of aromatic amines is 1. The number of aryl methyl sites for hydroxylation is 1. The molecule has 20 heavy (non-hydrogen) atoms. The quantitative estimate of drug-likeness (QED) is 0.655. The molecule has 0 aliphatic carbocycles. The highest BCUT2D eigenvalue weighted by Gasteiger charge is 2.25. The van der Waals surface area contributed by atoms with Gasteiger partial charge in [-0.05, 0) is 24.6 Å². The van der Waals surface area contributed by atoms with E-state index in [1.165, 1.54) is 32.9 Å². The van der Waals surface area contributed by atoms with Crippen LogP contribution < -0.4 is 5.32 Å². The molecule has 1 heterocycles. The summed E-state index contributed by atoms with van der Waals surface area (Å²) in [5.74, 6) is 0. The summed E-state index contributed by atoms with van der Waals surface area (Å²) >= 11 is 0. The zero-order valence-corrected chi connectivity index (χ0v) is 13.6. The summed E-state index contributed by atoms with van der Waals surface area (Å²) in [5, 5.41) is 2.80. The molecule has 0 unspecified atom stereocenters. The van der Waals surface area contributed by atoms with Crippen molar-refractivity contribution >= 4 is 24.3 Å². The van der Waals surface area contributed by atoms with Gasteiger partial charge in [0.1, 0.15) is 0 Å². The van der Waals surface area contributed by atoms with Crippen molar-refractivity contribution in [3.63, 3.8) is 0 Å². The van der Waals surface area contributed by atoms with Crippen LogP contribution in [0.4, 0.5) is 0 Å². The van der Waals surface area contributed by atoms with Crippen molar-refractivity contribution in [1.82, 2.24) is 4.98 Å². The molecule has 1 aromatic heterocycles. The first-order valence-corrected chi connectivity index (χ1v) is 10.6. The third-order valence-corrected chi connectivity index (χ3v) is 5.64. The Hall–Kier alpha value is -1.80. The number of aromatic nitrogens is 1. The lowest BCUT2D eigenvalue weighted by molar-refractivity contribution is 1.47. The summed E-state index contributed by atoms with van der Waals surface area (Å²) in [6.45, 7) is 9.36. The standard InChI is InChI=1S/C18H21NSi/c1-13-10-11-16-15(12-13)17(14-8-6-5-7-9-14)18(19-16)20(2,3)4/h5-12,19H,1-4H3. The van der Waals surface area contributed by atoms with Crippen molar-refractivity contribution in [3.05, 3.63) is 54.1 Å². The fourth-order valence-electron chi connectivity index (χ4n) is 2.77. The van der Waals surface area contributed by atoms with Crippen LogP contribution in [0.1, 0.15) is 5.56 Å². The van der Waals surface area contributed by atoms with Crippen molar-refractivity contribution in [2.24, 2.45) is 0 Å². The van der Waals surface area contributed by atoms with Gasteiger partial charge in [0.05, 0.1) is 8.07 Å². The molecule has 2 heteroatoms. The minimum Gasteiger partial charge on any atom is -0.362 e. The number of H-pyrrole nitrogens is 1. The first kappa shape index (κ1) is 13.2. The molecule has 0 fully saturated rings. The molecule has 0 amide bonds. The van der Waals surface area contributed by atoms with Crippen LogP contribution in [0.3, 0.4) is 0 Å². The second-order valence-electron chi connectivity index (χ2n) is 6.54. The average Bonchev–Trinajstić information content (AvgIpc) is 2.78. The topological polar surface area (TPSA) is 15.8 Å². The Morgan fingerprint density at radius 3 is 2.25 bits per heavy atom. The Morgan fingerprint density at radius 1 is 0.900 bits per heavy atom. The summed E-state index contributed by atoms with van der Waals surface area (Å²) in [6.07, 6.45) is 0. The van der Waals surface area contributed by atoms with Gasteiger partial charge in [0.25, 0.3) is 0 Å². The van der Waals surface area contributed by atoms with Gasteiger partial charge in [-0.2, -0.15) is 0 Å². The van der Waals surface area contributed by atoms with Crippen LogP contribution in [-0.2, 0) is 0 Å². The summed E-state index contributed by atoms with van der Waals surface area (Å²) in [7, 11) is -1.42. The first-order valence-electron chi connectivity index (χ1n) is 7.15. The molecule has 0 atom stereocenters. The SMILES string of the molecule is Cc1ccc2[nH]c([Si](C)(C)C)c(-c3ccccc3)c2c1. The van der Waals surface area contributed by atoms with Crippen LogP contribution in [0.2, 0.25) is 19.6 Å². The fraction of sp³-hybridized carbons (Fsp3) is 0.222. The largest absolute Gasteiger partial charge is 0.362 e. The summed E-state index contributed by atoms with van der Waals surface area (Å²) < 4.78 is 0. The van der Waals surface area contributed by atoms with Crippen LogP contribution >= 0.6 is 0 Å². The van der Waals surface area contributed by atoms with Gasteiger partial charge in [0.2, 0.25) is 0 Å². The lowest BCUT2D eigenvalue weighted by Crippen LogP contribution is -2.39. The van der Waals surface area contributed by atoms with Crippen molar-refractivity contribution < 1.29 is 0 Å². The molecule has 0 bridgehead atoms. The van der Waals surface area contributed by atoms with Gasteiger partial charge in [-0.3, -0.25) is 0 Å². The Balaban J connectivity index is 2.40. The lowest BCUT2D eigenvalue weighted by Gasteiger charge is -2.17. The van der Waals surface area contributed by atoms with Gasteiger partial charge in [-0.1, -0.05) is 61.6 Å². The molecule has 0 radical (unpaired) electrons. The van der Waals surface area contributed by atoms with E-state index in [-0.39, 0.29) is 0 Å². The highest BCUT2D eigenvalue weighted by atomic mass is 28.3. The minimum absolute atomic E-state index is 1.26. The summed E-state index contributed by atoms with van der Waals surface area (Å²) in [6, 6.07) is 17.5. The molecule has 3 rings (SSSR count). The zero-order valence-electron chi connectivity index (χ0n) is 12.6. The van der Waals surface area contributed by atoms with Gasteiger partial charge in [0, 0.05) is 21.8 Å². The third-order valence-electron chi connectivity index (χ3n) is 3.77. The maximum absolute atomic E-state index is 3.69. The second kappa shape index (κ2) is 4.64. The molecule has 0 saturated carbocycles. The third kappa shape index (κ3) is 2.20. The van der Waals surface area contributed by atoms with Crippen molar-refractivity contribution in [3.8, 4) is 11.1 Å². The predicted octanol–water partition coefficient (Wildman–Crippen LogP) is 4.69. The number of fused-ring (bicyclic) bond motifs is 1. The minimum atomic E-state index is -1.42. The van der Waals surface area contributed by atoms with E-state index >= 15 is 0 Å².